The van der Waals surface area contributed by atoms with Crippen molar-refractivity contribution < 1.29 is 13.9 Å². The quantitative estimate of drug-likeness (QED) is 0.873. The second-order valence-electron chi connectivity index (χ2n) is 5.19. The maximum absolute atomic E-state index is 13.7. The van der Waals surface area contributed by atoms with Crippen LogP contribution in [-0.2, 0) is 18.4 Å². The van der Waals surface area contributed by atoms with Gasteiger partial charge in [0.05, 0.1) is 10.1 Å². The number of benzene rings is 2. The van der Waals surface area contributed by atoms with Crippen molar-refractivity contribution in [2.24, 2.45) is 0 Å². The SMILES string of the molecule is OC1(Cc2cccc(F)c2Br)CCc2c(F)cccc21. The van der Waals surface area contributed by atoms with Gasteiger partial charge in [0.25, 0.3) is 0 Å². The molecule has 20 heavy (non-hydrogen) atoms. The Morgan fingerprint density at radius 1 is 1.10 bits per heavy atom. The molecule has 0 saturated carbocycles. The molecule has 1 nitrogen and oxygen atoms in total. The van der Waals surface area contributed by atoms with E-state index < -0.39 is 5.60 Å². The fourth-order valence-electron chi connectivity index (χ4n) is 2.90. The van der Waals surface area contributed by atoms with Crippen molar-refractivity contribution in [1.29, 1.82) is 0 Å². The number of rotatable bonds is 2. The van der Waals surface area contributed by atoms with Gasteiger partial charge in [0.2, 0.25) is 0 Å². The van der Waals surface area contributed by atoms with E-state index in [9.17, 15) is 13.9 Å². The highest BCUT2D eigenvalue weighted by Gasteiger charge is 2.38. The molecule has 1 N–H and O–H groups in total. The normalized spacial score (nSPS) is 21.0. The monoisotopic (exact) mass is 338 g/mol. The Hall–Kier alpha value is -1.26. The van der Waals surface area contributed by atoms with Crippen molar-refractivity contribution in [1.82, 2.24) is 0 Å². The number of hydrogen-bond donors (Lipinski definition) is 1. The molecule has 2 aromatic carbocycles. The van der Waals surface area contributed by atoms with Crippen molar-refractivity contribution in [3.8, 4) is 0 Å². The van der Waals surface area contributed by atoms with Gasteiger partial charge in [-0.3, -0.25) is 0 Å². The Morgan fingerprint density at radius 3 is 2.60 bits per heavy atom. The third-order valence-electron chi connectivity index (χ3n) is 3.92. The largest absolute Gasteiger partial charge is 0.385 e. The van der Waals surface area contributed by atoms with Crippen LogP contribution in [0, 0.1) is 11.6 Å². The molecule has 0 fully saturated rings. The average Bonchev–Trinajstić information content (AvgIpc) is 2.75. The van der Waals surface area contributed by atoms with Gasteiger partial charge in [-0.05, 0) is 57.6 Å². The molecule has 1 aliphatic rings. The van der Waals surface area contributed by atoms with Gasteiger partial charge in [-0.25, -0.2) is 8.78 Å². The van der Waals surface area contributed by atoms with Crippen LogP contribution in [0.1, 0.15) is 23.1 Å². The molecule has 0 aliphatic heterocycles. The van der Waals surface area contributed by atoms with Gasteiger partial charge in [-0.1, -0.05) is 24.3 Å². The van der Waals surface area contributed by atoms with Gasteiger partial charge >= 0.3 is 0 Å². The van der Waals surface area contributed by atoms with Crippen molar-refractivity contribution in [3.05, 3.63) is 69.2 Å². The van der Waals surface area contributed by atoms with Crippen molar-refractivity contribution in [3.63, 3.8) is 0 Å². The maximum Gasteiger partial charge on any atom is 0.137 e. The Morgan fingerprint density at radius 2 is 1.80 bits per heavy atom. The molecule has 1 unspecified atom stereocenters. The summed E-state index contributed by atoms with van der Waals surface area (Å²) in [4.78, 5) is 0. The predicted molar refractivity (Wildman–Crippen MR) is 76.4 cm³/mol. The molecule has 0 heterocycles. The summed E-state index contributed by atoms with van der Waals surface area (Å²) in [5, 5.41) is 10.8. The molecule has 1 atom stereocenters. The Balaban J connectivity index is 2.00. The van der Waals surface area contributed by atoms with E-state index in [1.54, 1.807) is 24.3 Å². The highest BCUT2D eigenvalue weighted by Crippen LogP contribution is 2.41. The van der Waals surface area contributed by atoms with Crippen LogP contribution in [0.2, 0.25) is 0 Å². The van der Waals surface area contributed by atoms with Crippen molar-refractivity contribution in [2.75, 3.05) is 0 Å². The molecule has 0 aromatic heterocycles. The zero-order valence-electron chi connectivity index (χ0n) is 10.7. The Labute approximate surface area is 124 Å². The lowest BCUT2D eigenvalue weighted by Gasteiger charge is -2.25. The second-order valence-corrected chi connectivity index (χ2v) is 5.98. The predicted octanol–water partition coefficient (Wildman–Crippen LogP) is 4.10. The van der Waals surface area contributed by atoms with E-state index in [1.165, 1.54) is 12.1 Å². The molecule has 0 spiro atoms. The van der Waals surface area contributed by atoms with Gasteiger partial charge in [0, 0.05) is 6.42 Å². The van der Waals surface area contributed by atoms with Gasteiger partial charge < -0.3 is 5.11 Å². The molecule has 3 rings (SSSR count). The smallest absolute Gasteiger partial charge is 0.137 e. The van der Waals surface area contributed by atoms with E-state index in [1.807, 2.05) is 0 Å². The first-order chi connectivity index (χ1) is 9.51. The summed E-state index contributed by atoms with van der Waals surface area (Å²) in [5.41, 5.74) is 0.745. The number of aliphatic hydroxyl groups is 1. The molecule has 1 aliphatic carbocycles. The first-order valence-electron chi connectivity index (χ1n) is 6.44. The minimum absolute atomic E-state index is 0.266. The van der Waals surface area contributed by atoms with Gasteiger partial charge in [-0.15, -0.1) is 0 Å². The lowest BCUT2D eigenvalue weighted by atomic mass is 9.89. The van der Waals surface area contributed by atoms with Crippen molar-refractivity contribution in [2.45, 2.75) is 24.9 Å². The van der Waals surface area contributed by atoms with Crippen LogP contribution in [0.3, 0.4) is 0 Å². The summed E-state index contributed by atoms with van der Waals surface area (Å²) in [6, 6.07) is 9.49. The minimum atomic E-state index is -1.13. The lowest BCUT2D eigenvalue weighted by molar-refractivity contribution is 0.0387. The van der Waals surface area contributed by atoms with Gasteiger partial charge in [-0.2, -0.15) is 0 Å². The summed E-state index contributed by atoms with van der Waals surface area (Å²) in [6.45, 7) is 0. The fourth-order valence-corrected chi connectivity index (χ4v) is 3.30. The van der Waals surface area contributed by atoms with E-state index in [2.05, 4.69) is 15.9 Å². The van der Waals surface area contributed by atoms with Crippen LogP contribution in [0.5, 0.6) is 0 Å². The number of halogens is 3. The molecular weight excluding hydrogens is 326 g/mol. The molecule has 2 aromatic rings. The topological polar surface area (TPSA) is 20.2 Å². The summed E-state index contributed by atoms with van der Waals surface area (Å²) < 4.78 is 27.6. The first-order valence-corrected chi connectivity index (χ1v) is 7.24. The van der Waals surface area contributed by atoms with Crippen LogP contribution in [0.15, 0.2) is 40.9 Å². The molecule has 0 amide bonds. The summed E-state index contributed by atoms with van der Waals surface area (Å²) in [5.74, 6) is -0.639. The summed E-state index contributed by atoms with van der Waals surface area (Å²) in [6.07, 6.45) is 1.22. The van der Waals surface area contributed by atoms with E-state index in [4.69, 9.17) is 0 Å². The molecule has 0 bridgehead atoms. The van der Waals surface area contributed by atoms with E-state index in [0.29, 0.717) is 34.0 Å². The first kappa shape index (κ1) is 13.7. The molecule has 0 saturated heterocycles. The average molecular weight is 339 g/mol. The zero-order chi connectivity index (χ0) is 14.3. The van der Waals surface area contributed by atoms with Crippen LogP contribution in [0.4, 0.5) is 8.78 Å². The van der Waals surface area contributed by atoms with E-state index in [-0.39, 0.29) is 18.1 Å². The van der Waals surface area contributed by atoms with Crippen LogP contribution in [0.25, 0.3) is 0 Å². The maximum atomic E-state index is 13.7. The van der Waals surface area contributed by atoms with Crippen LogP contribution >= 0.6 is 15.9 Å². The minimum Gasteiger partial charge on any atom is -0.385 e. The Kier molecular flexibility index (Phi) is 3.38. The van der Waals surface area contributed by atoms with Crippen LogP contribution in [-0.4, -0.2) is 5.11 Å². The second kappa shape index (κ2) is 4.93. The third kappa shape index (κ3) is 2.17. The fraction of sp³-hybridized carbons (Fsp3) is 0.250. The standard InChI is InChI=1S/C16H13BrF2O/c17-15-10(3-1-6-14(15)19)9-16(20)8-7-11-12(16)4-2-5-13(11)18/h1-6,20H,7-9H2. The number of fused-ring (bicyclic) bond motifs is 1. The van der Waals surface area contributed by atoms with Gasteiger partial charge in [0.1, 0.15) is 11.6 Å². The van der Waals surface area contributed by atoms with Crippen molar-refractivity contribution >= 4 is 15.9 Å². The van der Waals surface area contributed by atoms with Crippen LogP contribution < -0.4 is 0 Å². The van der Waals surface area contributed by atoms with E-state index in [0.717, 1.165) is 0 Å². The molecule has 0 radical (unpaired) electrons. The third-order valence-corrected chi connectivity index (χ3v) is 4.81. The zero-order valence-corrected chi connectivity index (χ0v) is 12.3. The highest BCUT2D eigenvalue weighted by atomic mass is 79.9. The molecule has 104 valence electrons. The van der Waals surface area contributed by atoms with Gasteiger partial charge in [0.15, 0.2) is 0 Å². The number of hydrogen-bond acceptors (Lipinski definition) is 1. The summed E-state index contributed by atoms with van der Waals surface area (Å²) >= 11 is 3.21. The summed E-state index contributed by atoms with van der Waals surface area (Å²) in [7, 11) is 0. The lowest BCUT2D eigenvalue weighted by Crippen LogP contribution is -2.25. The van der Waals surface area contributed by atoms with E-state index >= 15 is 0 Å². The Bertz CT molecular complexity index is 672. The molecular formula is C16H13BrF2O. The molecule has 4 heteroatoms. The highest BCUT2D eigenvalue weighted by molar-refractivity contribution is 9.10.